The molecule has 3 nitrogen and oxygen atoms in total. The van der Waals surface area contributed by atoms with Crippen LogP contribution in [0.4, 0.5) is 8.78 Å². The molecule has 1 aromatic carbocycles. The summed E-state index contributed by atoms with van der Waals surface area (Å²) < 4.78 is 33.3. The smallest absolute Gasteiger partial charge is 0.323 e. The zero-order valence-electron chi connectivity index (χ0n) is 14.0. The predicted octanol–water partition coefficient (Wildman–Crippen LogP) is 4.19. The van der Waals surface area contributed by atoms with Gasteiger partial charge in [-0.1, -0.05) is 37.3 Å². The molecule has 0 spiro atoms. The maximum absolute atomic E-state index is 14.1. The van der Waals surface area contributed by atoms with E-state index in [1.165, 1.54) is 0 Å². The van der Waals surface area contributed by atoms with Crippen molar-refractivity contribution >= 4 is 5.97 Å². The van der Waals surface area contributed by atoms with Gasteiger partial charge in [0.1, 0.15) is 6.04 Å². The number of hydrogen-bond donors (Lipinski definition) is 0. The Hall–Kier alpha value is -1.49. The number of benzene rings is 1. The quantitative estimate of drug-likeness (QED) is 0.760. The minimum Gasteiger partial charge on any atom is -0.465 e. The van der Waals surface area contributed by atoms with Crippen molar-refractivity contribution in [3.05, 3.63) is 35.9 Å². The van der Waals surface area contributed by atoms with Gasteiger partial charge in [0.05, 0.1) is 6.61 Å². The van der Waals surface area contributed by atoms with Crippen LogP contribution in [0.25, 0.3) is 0 Å². The number of carbonyl (C=O) groups excluding carboxylic acids is 1. The van der Waals surface area contributed by atoms with Crippen LogP contribution in [-0.2, 0) is 9.53 Å². The summed E-state index contributed by atoms with van der Waals surface area (Å²) in [7, 11) is 0. The molecule has 0 saturated carbocycles. The fourth-order valence-electron chi connectivity index (χ4n) is 3.46. The molecule has 1 saturated heterocycles. The fourth-order valence-corrected chi connectivity index (χ4v) is 3.46. The molecule has 3 atom stereocenters. The molecule has 1 aliphatic heterocycles. The SMILES string of the molecule is CCOC(=O)[C@H]1CC(F)(F)CC(CC)N1[C@@H](C)c1ccccc1. The van der Waals surface area contributed by atoms with Gasteiger partial charge in [-0.15, -0.1) is 0 Å². The third-order valence-corrected chi connectivity index (χ3v) is 4.57. The Morgan fingerprint density at radius 1 is 1.30 bits per heavy atom. The highest BCUT2D eigenvalue weighted by molar-refractivity contribution is 5.76. The normalized spacial score (nSPS) is 25.8. The Morgan fingerprint density at radius 3 is 2.52 bits per heavy atom. The second kappa shape index (κ2) is 7.39. The largest absolute Gasteiger partial charge is 0.465 e. The molecule has 0 aromatic heterocycles. The second-order valence-corrected chi connectivity index (χ2v) is 6.13. The second-order valence-electron chi connectivity index (χ2n) is 6.13. The predicted molar refractivity (Wildman–Crippen MR) is 85.4 cm³/mol. The molecule has 0 aliphatic carbocycles. The number of halogens is 2. The van der Waals surface area contributed by atoms with Gasteiger partial charge in [-0.05, 0) is 25.8 Å². The standard InChI is InChI=1S/C18H25F2NO2/c1-4-15-11-18(19,20)12-16(17(22)23-5-2)21(15)13(3)14-9-7-6-8-10-14/h6-10,13,15-16H,4-5,11-12H2,1-3H3/t13-,15?,16+/m0/s1. The van der Waals surface area contributed by atoms with Crippen LogP contribution in [0.3, 0.4) is 0 Å². The van der Waals surface area contributed by atoms with Crippen molar-refractivity contribution in [3.63, 3.8) is 0 Å². The first-order chi connectivity index (χ1) is 10.9. The first-order valence-corrected chi connectivity index (χ1v) is 8.26. The Morgan fingerprint density at radius 2 is 1.96 bits per heavy atom. The maximum Gasteiger partial charge on any atom is 0.323 e. The lowest BCUT2D eigenvalue weighted by molar-refractivity contribution is -0.168. The summed E-state index contributed by atoms with van der Waals surface area (Å²) in [6.07, 6.45) is -0.112. The third-order valence-electron chi connectivity index (χ3n) is 4.57. The maximum atomic E-state index is 14.1. The molecule has 23 heavy (non-hydrogen) atoms. The summed E-state index contributed by atoms with van der Waals surface area (Å²) in [4.78, 5) is 14.2. The van der Waals surface area contributed by atoms with E-state index >= 15 is 0 Å². The fraction of sp³-hybridized carbons (Fsp3) is 0.611. The molecular weight excluding hydrogens is 300 g/mol. The van der Waals surface area contributed by atoms with Gasteiger partial charge in [-0.3, -0.25) is 9.69 Å². The molecule has 1 unspecified atom stereocenters. The molecule has 128 valence electrons. The van der Waals surface area contributed by atoms with Gasteiger partial charge < -0.3 is 4.74 Å². The monoisotopic (exact) mass is 325 g/mol. The average Bonchev–Trinajstić information content (AvgIpc) is 2.53. The molecule has 0 amide bonds. The minimum absolute atomic E-state index is 0.119. The van der Waals surface area contributed by atoms with Crippen molar-refractivity contribution in [3.8, 4) is 0 Å². The van der Waals surface area contributed by atoms with Crippen molar-refractivity contribution in [1.29, 1.82) is 0 Å². The molecule has 0 radical (unpaired) electrons. The highest BCUT2D eigenvalue weighted by Crippen LogP contribution is 2.41. The highest BCUT2D eigenvalue weighted by atomic mass is 19.3. The van der Waals surface area contributed by atoms with E-state index in [-0.39, 0.29) is 25.1 Å². The molecule has 0 N–H and O–H groups in total. The van der Waals surface area contributed by atoms with Gasteiger partial charge in [0.25, 0.3) is 5.92 Å². The highest BCUT2D eigenvalue weighted by Gasteiger charge is 2.49. The van der Waals surface area contributed by atoms with Gasteiger partial charge in [0.15, 0.2) is 0 Å². The molecule has 1 fully saturated rings. The minimum atomic E-state index is -2.83. The van der Waals surface area contributed by atoms with Gasteiger partial charge in [0, 0.05) is 24.9 Å². The molecule has 0 bridgehead atoms. The van der Waals surface area contributed by atoms with Gasteiger partial charge in [-0.2, -0.15) is 0 Å². The lowest BCUT2D eigenvalue weighted by atomic mass is 9.88. The number of rotatable bonds is 5. The van der Waals surface area contributed by atoms with Crippen LogP contribution in [0.15, 0.2) is 30.3 Å². The van der Waals surface area contributed by atoms with E-state index in [4.69, 9.17) is 4.74 Å². The summed E-state index contributed by atoms with van der Waals surface area (Å²) in [6, 6.07) is 8.32. The zero-order chi connectivity index (χ0) is 17.0. The lowest BCUT2D eigenvalue weighted by Crippen LogP contribution is -2.57. The Labute approximate surface area is 136 Å². The molecule has 1 aliphatic rings. The number of alkyl halides is 2. The molecule has 1 aromatic rings. The van der Waals surface area contributed by atoms with E-state index in [2.05, 4.69) is 0 Å². The number of esters is 1. The van der Waals surface area contributed by atoms with Crippen molar-refractivity contribution in [2.24, 2.45) is 0 Å². The molecule has 5 heteroatoms. The Kier molecular flexibility index (Phi) is 5.74. The topological polar surface area (TPSA) is 29.5 Å². The summed E-state index contributed by atoms with van der Waals surface area (Å²) in [6.45, 7) is 5.75. The van der Waals surface area contributed by atoms with Crippen molar-refractivity contribution in [2.75, 3.05) is 6.61 Å². The number of piperidine rings is 1. The van der Waals surface area contributed by atoms with Gasteiger partial charge in [0.2, 0.25) is 0 Å². The molecule has 1 heterocycles. The number of hydrogen-bond acceptors (Lipinski definition) is 3. The summed E-state index contributed by atoms with van der Waals surface area (Å²) in [5.74, 6) is -3.38. The Balaban J connectivity index is 2.34. The van der Waals surface area contributed by atoms with Crippen LogP contribution in [-0.4, -0.2) is 35.5 Å². The van der Waals surface area contributed by atoms with Crippen LogP contribution >= 0.6 is 0 Å². The van der Waals surface area contributed by atoms with Crippen molar-refractivity contribution in [1.82, 2.24) is 4.90 Å². The summed E-state index contributed by atoms with van der Waals surface area (Å²) in [5, 5.41) is 0. The van der Waals surface area contributed by atoms with E-state index in [1.807, 2.05) is 49.1 Å². The summed E-state index contributed by atoms with van der Waals surface area (Å²) >= 11 is 0. The zero-order valence-corrected chi connectivity index (χ0v) is 14.0. The first-order valence-electron chi connectivity index (χ1n) is 8.26. The van der Waals surface area contributed by atoms with Gasteiger partial charge >= 0.3 is 5.97 Å². The number of nitrogens with zero attached hydrogens (tertiary/aromatic N) is 1. The Bertz CT molecular complexity index is 521. The van der Waals surface area contributed by atoms with Crippen LogP contribution in [0.1, 0.15) is 51.6 Å². The average molecular weight is 325 g/mol. The van der Waals surface area contributed by atoms with E-state index in [0.29, 0.717) is 6.42 Å². The lowest BCUT2D eigenvalue weighted by Gasteiger charge is -2.46. The van der Waals surface area contributed by atoms with Crippen molar-refractivity contribution < 1.29 is 18.3 Å². The van der Waals surface area contributed by atoms with E-state index in [1.54, 1.807) is 6.92 Å². The molecule has 2 rings (SSSR count). The number of likely N-dealkylation sites (tertiary alicyclic amines) is 1. The van der Waals surface area contributed by atoms with Crippen LogP contribution in [0.5, 0.6) is 0 Å². The molecular formula is C18H25F2NO2. The summed E-state index contributed by atoms with van der Waals surface area (Å²) in [5.41, 5.74) is 1.02. The van der Waals surface area contributed by atoms with Gasteiger partial charge in [-0.25, -0.2) is 8.78 Å². The van der Waals surface area contributed by atoms with Crippen LogP contribution in [0, 0.1) is 0 Å². The third kappa shape index (κ3) is 4.08. The first kappa shape index (κ1) is 17.9. The van der Waals surface area contributed by atoms with Crippen LogP contribution in [0.2, 0.25) is 0 Å². The van der Waals surface area contributed by atoms with E-state index < -0.39 is 24.4 Å². The number of carbonyl (C=O) groups is 1. The number of ether oxygens (including phenoxy) is 1. The van der Waals surface area contributed by atoms with Crippen LogP contribution < -0.4 is 0 Å². The van der Waals surface area contributed by atoms with E-state index in [0.717, 1.165) is 5.56 Å². The van der Waals surface area contributed by atoms with E-state index in [9.17, 15) is 13.6 Å². The van der Waals surface area contributed by atoms with Crippen molar-refractivity contribution in [2.45, 2.75) is 64.1 Å².